The van der Waals surface area contributed by atoms with Gasteiger partial charge in [0, 0.05) is 19.0 Å². The average molecular weight is 191 g/mol. The molecule has 4 heteroatoms. The van der Waals surface area contributed by atoms with Crippen LogP contribution in [0.3, 0.4) is 0 Å². The molecule has 0 saturated carbocycles. The molecule has 0 aliphatic carbocycles. The Hall–Kier alpha value is -1.89. The molecular formula is C10H8FN2O. The van der Waals surface area contributed by atoms with Crippen LogP contribution in [-0.4, -0.2) is 5.91 Å². The van der Waals surface area contributed by atoms with Gasteiger partial charge in [-0.15, -0.1) is 0 Å². The van der Waals surface area contributed by atoms with Gasteiger partial charge in [-0.2, -0.15) is 5.26 Å². The monoisotopic (exact) mass is 191 g/mol. The van der Waals surface area contributed by atoms with Crippen molar-refractivity contribution in [3.8, 4) is 6.07 Å². The first-order chi connectivity index (χ1) is 6.65. The van der Waals surface area contributed by atoms with Crippen molar-refractivity contribution < 1.29 is 9.18 Å². The van der Waals surface area contributed by atoms with Crippen molar-refractivity contribution in [2.75, 3.05) is 0 Å². The minimum Gasteiger partial charge on any atom is -0.352 e. The summed E-state index contributed by atoms with van der Waals surface area (Å²) in [5, 5.41) is 10.9. The Morgan fingerprint density at radius 3 is 2.93 bits per heavy atom. The largest absolute Gasteiger partial charge is 0.352 e. The number of halogens is 1. The van der Waals surface area contributed by atoms with Gasteiger partial charge in [0.25, 0.3) is 0 Å². The minimum absolute atomic E-state index is 0.0270. The molecule has 1 rings (SSSR count). The van der Waals surface area contributed by atoms with E-state index >= 15 is 0 Å². The normalized spacial score (nSPS) is 9.21. The number of hydrogen-bond donors (Lipinski definition) is 1. The maximum atomic E-state index is 13.3. The molecule has 1 radical (unpaired) electrons. The van der Waals surface area contributed by atoms with Crippen LogP contribution in [-0.2, 0) is 11.3 Å². The standard InChI is InChI=1S/C10H8FN2O/c1-7(14)13-6-9-4-2-3-8(5-12)10(9)11/h2-4H,1,6H2,(H,13,14). The van der Waals surface area contributed by atoms with Crippen LogP contribution in [0.5, 0.6) is 0 Å². The van der Waals surface area contributed by atoms with E-state index in [1.165, 1.54) is 12.1 Å². The van der Waals surface area contributed by atoms with Crippen LogP contribution in [0.1, 0.15) is 11.1 Å². The van der Waals surface area contributed by atoms with E-state index in [2.05, 4.69) is 12.2 Å². The quantitative estimate of drug-likeness (QED) is 0.762. The number of nitriles is 1. The zero-order valence-corrected chi connectivity index (χ0v) is 7.38. The van der Waals surface area contributed by atoms with Gasteiger partial charge in [-0.3, -0.25) is 4.79 Å². The van der Waals surface area contributed by atoms with Gasteiger partial charge in [-0.1, -0.05) is 12.1 Å². The highest BCUT2D eigenvalue weighted by Crippen LogP contribution is 2.11. The molecule has 0 aromatic heterocycles. The van der Waals surface area contributed by atoms with E-state index in [1.54, 1.807) is 12.1 Å². The van der Waals surface area contributed by atoms with Crippen LogP contribution in [0.15, 0.2) is 18.2 Å². The highest BCUT2D eigenvalue weighted by molar-refractivity contribution is 5.79. The maximum Gasteiger partial charge on any atom is 0.220 e. The molecule has 0 spiro atoms. The van der Waals surface area contributed by atoms with Crippen molar-refractivity contribution in [1.29, 1.82) is 5.26 Å². The molecule has 0 heterocycles. The Balaban J connectivity index is 2.88. The molecule has 1 amide bonds. The molecule has 0 bridgehead atoms. The predicted molar refractivity (Wildman–Crippen MR) is 48.3 cm³/mol. The molecule has 1 N–H and O–H groups in total. The van der Waals surface area contributed by atoms with Gasteiger partial charge in [-0.25, -0.2) is 4.39 Å². The molecule has 14 heavy (non-hydrogen) atoms. The van der Waals surface area contributed by atoms with E-state index in [0.29, 0.717) is 0 Å². The average Bonchev–Trinajstić information content (AvgIpc) is 2.16. The Bertz CT molecular complexity index is 396. The molecule has 0 atom stereocenters. The lowest BCUT2D eigenvalue weighted by Crippen LogP contribution is -2.20. The first-order valence-corrected chi connectivity index (χ1v) is 3.92. The van der Waals surface area contributed by atoms with Crippen molar-refractivity contribution in [3.05, 3.63) is 42.1 Å². The summed E-state index contributed by atoms with van der Waals surface area (Å²) in [5.74, 6) is -1.07. The van der Waals surface area contributed by atoms with Gasteiger partial charge in [0.15, 0.2) is 0 Å². The number of carbonyl (C=O) groups excluding carboxylic acids is 1. The van der Waals surface area contributed by atoms with E-state index < -0.39 is 11.7 Å². The summed E-state index contributed by atoms with van der Waals surface area (Å²) in [7, 11) is 0. The fourth-order valence-electron chi connectivity index (χ4n) is 0.996. The molecule has 0 fully saturated rings. The number of benzene rings is 1. The number of nitrogens with one attached hydrogen (secondary N) is 1. The topological polar surface area (TPSA) is 52.9 Å². The molecule has 1 aromatic carbocycles. The fraction of sp³-hybridized carbons (Fsp3) is 0.100. The summed E-state index contributed by atoms with van der Waals surface area (Å²) in [6.45, 7) is 3.13. The molecule has 0 aliphatic rings. The van der Waals surface area contributed by atoms with Gasteiger partial charge in [0.1, 0.15) is 11.9 Å². The molecule has 0 aliphatic heterocycles. The lowest BCUT2D eigenvalue weighted by atomic mass is 10.1. The Morgan fingerprint density at radius 2 is 2.36 bits per heavy atom. The van der Waals surface area contributed by atoms with Crippen LogP contribution in [0.4, 0.5) is 4.39 Å². The summed E-state index contributed by atoms with van der Waals surface area (Å²) in [4.78, 5) is 10.5. The summed E-state index contributed by atoms with van der Waals surface area (Å²) >= 11 is 0. The van der Waals surface area contributed by atoms with Gasteiger partial charge in [0.05, 0.1) is 5.56 Å². The smallest absolute Gasteiger partial charge is 0.220 e. The van der Waals surface area contributed by atoms with Crippen molar-refractivity contribution in [2.24, 2.45) is 0 Å². The number of nitrogens with zero attached hydrogens (tertiary/aromatic N) is 1. The number of amides is 1. The van der Waals surface area contributed by atoms with E-state index in [1.807, 2.05) is 0 Å². The molecule has 1 aromatic rings. The van der Waals surface area contributed by atoms with Crippen LogP contribution >= 0.6 is 0 Å². The summed E-state index contributed by atoms with van der Waals surface area (Å²) in [6, 6.07) is 6.17. The van der Waals surface area contributed by atoms with E-state index in [4.69, 9.17) is 5.26 Å². The number of hydrogen-bond acceptors (Lipinski definition) is 2. The Kier molecular flexibility index (Phi) is 3.19. The fourth-order valence-corrected chi connectivity index (χ4v) is 0.996. The van der Waals surface area contributed by atoms with Crippen LogP contribution in [0.25, 0.3) is 0 Å². The summed E-state index contributed by atoms with van der Waals surface area (Å²) < 4.78 is 13.3. The third-order valence-electron chi connectivity index (χ3n) is 1.68. The number of rotatable bonds is 2. The second-order valence-corrected chi connectivity index (χ2v) is 2.67. The van der Waals surface area contributed by atoms with E-state index in [-0.39, 0.29) is 17.7 Å². The molecule has 3 nitrogen and oxygen atoms in total. The van der Waals surface area contributed by atoms with E-state index in [9.17, 15) is 9.18 Å². The first kappa shape index (κ1) is 10.2. The summed E-state index contributed by atoms with van der Waals surface area (Å²) in [5.41, 5.74) is 0.252. The highest BCUT2D eigenvalue weighted by atomic mass is 19.1. The van der Waals surface area contributed by atoms with Crippen LogP contribution in [0, 0.1) is 24.1 Å². The Morgan fingerprint density at radius 1 is 1.64 bits per heavy atom. The molecule has 0 unspecified atom stereocenters. The zero-order chi connectivity index (χ0) is 10.6. The Labute approximate surface area is 81.2 Å². The van der Waals surface area contributed by atoms with Crippen LogP contribution < -0.4 is 5.32 Å². The maximum absolute atomic E-state index is 13.3. The second-order valence-electron chi connectivity index (χ2n) is 2.67. The van der Waals surface area contributed by atoms with E-state index in [0.717, 1.165) is 0 Å². The van der Waals surface area contributed by atoms with Gasteiger partial charge < -0.3 is 5.32 Å². The van der Waals surface area contributed by atoms with Gasteiger partial charge >= 0.3 is 0 Å². The van der Waals surface area contributed by atoms with Crippen molar-refractivity contribution >= 4 is 5.91 Å². The van der Waals surface area contributed by atoms with Crippen molar-refractivity contribution in [3.63, 3.8) is 0 Å². The lowest BCUT2D eigenvalue weighted by Gasteiger charge is -2.04. The first-order valence-electron chi connectivity index (χ1n) is 3.92. The van der Waals surface area contributed by atoms with Crippen LogP contribution in [0.2, 0.25) is 0 Å². The minimum atomic E-state index is -0.594. The lowest BCUT2D eigenvalue weighted by molar-refractivity contribution is -0.116. The molecular weight excluding hydrogens is 183 g/mol. The van der Waals surface area contributed by atoms with Gasteiger partial charge in [0.2, 0.25) is 5.91 Å². The van der Waals surface area contributed by atoms with Gasteiger partial charge in [-0.05, 0) is 6.07 Å². The van der Waals surface area contributed by atoms with Crippen molar-refractivity contribution in [1.82, 2.24) is 5.32 Å². The second kappa shape index (κ2) is 4.38. The molecule has 71 valence electrons. The SMILES string of the molecule is [CH2]C(=O)NCc1cccc(C#N)c1F. The third kappa shape index (κ3) is 2.30. The zero-order valence-electron chi connectivity index (χ0n) is 7.38. The highest BCUT2D eigenvalue weighted by Gasteiger charge is 2.06. The number of carbonyl (C=O) groups is 1. The summed E-state index contributed by atoms with van der Waals surface area (Å²) in [6.07, 6.45) is 0. The third-order valence-corrected chi connectivity index (χ3v) is 1.68. The molecule has 0 saturated heterocycles. The van der Waals surface area contributed by atoms with Crippen molar-refractivity contribution in [2.45, 2.75) is 6.54 Å². The predicted octanol–water partition coefficient (Wildman–Crippen LogP) is 1.15.